The molecule has 0 atom stereocenters. The highest BCUT2D eigenvalue weighted by Gasteiger charge is 2.29. The van der Waals surface area contributed by atoms with E-state index in [0.29, 0.717) is 17.5 Å². The van der Waals surface area contributed by atoms with Crippen molar-refractivity contribution in [1.29, 1.82) is 0 Å². The Morgan fingerprint density at radius 1 is 1.05 bits per heavy atom. The van der Waals surface area contributed by atoms with E-state index < -0.39 is 11.6 Å². The van der Waals surface area contributed by atoms with Gasteiger partial charge in [-0.1, -0.05) is 11.6 Å². The quantitative estimate of drug-likeness (QED) is 0.641. The lowest BCUT2D eigenvalue weighted by molar-refractivity contribution is 0.0989. The smallest absolute Gasteiger partial charge is 0.190 e. The number of rotatable bonds is 2. The predicted octanol–water partition coefficient (Wildman–Crippen LogP) is 2.85. The number of phenolic OH excluding ortho intramolecular Hbond substituents is 2. The number of fused-ring (bicyclic) bond motifs is 1. The molecule has 20 heavy (non-hydrogen) atoms. The van der Waals surface area contributed by atoms with Gasteiger partial charge < -0.3 is 10.2 Å². The molecule has 0 radical (unpaired) electrons. The van der Waals surface area contributed by atoms with Crippen LogP contribution < -0.4 is 0 Å². The molecule has 0 saturated heterocycles. The third kappa shape index (κ3) is 2.13. The van der Waals surface area contributed by atoms with Crippen molar-refractivity contribution in [2.24, 2.45) is 0 Å². The van der Waals surface area contributed by atoms with Crippen molar-refractivity contribution in [3.05, 3.63) is 46.1 Å². The molecule has 4 nitrogen and oxygen atoms in total. The zero-order valence-electron chi connectivity index (χ0n) is 11.7. The van der Waals surface area contributed by atoms with Crippen LogP contribution in [0.1, 0.15) is 45.7 Å². The standard InChI is InChI=1S/C16H16O4/c1-8(2)4-5-10-9(3)15(19)13-11(17)6-7-12(18)14(13)16(10)20/h4,6-7,19-20H,5H2,1-3H3. The summed E-state index contributed by atoms with van der Waals surface area (Å²) < 4.78 is 0. The fourth-order valence-corrected chi connectivity index (χ4v) is 2.25. The first-order chi connectivity index (χ1) is 9.34. The van der Waals surface area contributed by atoms with Crippen molar-refractivity contribution in [3.8, 4) is 11.5 Å². The van der Waals surface area contributed by atoms with E-state index in [9.17, 15) is 19.8 Å². The summed E-state index contributed by atoms with van der Waals surface area (Å²) >= 11 is 0. The highest BCUT2D eigenvalue weighted by molar-refractivity contribution is 6.24. The van der Waals surface area contributed by atoms with Crippen molar-refractivity contribution >= 4 is 11.6 Å². The minimum absolute atomic E-state index is 0.0993. The van der Waals surface area contributed by atoms with Gasteiger partial charge in [0.25, 0.3) is 0 Å². The molecule has 2 N–H and O–H groups in total. The average Bonchev–Trinajstić information content (AvgIpc) is 2.38. The molecule has 0 spiro atoms. The van der Waals surface area contributed by atoms with Gasteiger partial charge >= 0.3 is 0 Å². The molecule has 0 unspecified atom stereocenters. The Morgan fingerprint density at radius 2 is 1.55 bits per heavy atom. The van der Waals surface area contributed by atoms with Crippen LogP contribution in [0.3, 0.4) is 0 Å². The van der Waals surface area contributed by atoms with Gasteiger partial charge in [0.15, 0.2) is 11.6 Å². The largest absolute Gasteiger partial charge is 0.507 e. The second-order valence-corrected chi connectivity index (χ2v) is 5.10. The van der Waals surface area contributed by atoms with E-state index in [1.807, 2.05) is 19.9 Å². The molecule has 0 heterocycles. The number of aromatic hydroxyl groups is 2. The Morgan fingerprint density at radius 3 is 2.05 bits per heavy atom. The first-order valence-electron chi connectivity index (χ1n) is 6.32. The zero-order chi connectivity index (χ0) is 15.0. The van der Waals surface area contributed by atoms with Crippen molar-refractivity contribution in [2.75, 3.05) is 0 Å². The van der Waals surface area contributed by atoms with Crippen LogP contribution in [0.25, 0.3) is 0 Å². The summed E-state index contributed by atoms with van der Waals surface area (Å²) in [6.07, 6.45) is 4.51. The van der Waals surface area contributed by atoms with Crippen LogP contribution >= 0.6 is 0 Å². The van der Waals surface area contributed by atoms with Crippen molar-refractivity contribution in [3.63, 3.8) is 0 Å². The predicted molar refractivity (Wildman–Crippen MR) is 75.4 cm³/mol. The third-order valence-corrected chi connectivity index (χ3v) is 3.41. The van der Waals surface area contributed by atoms with E-state index in [1.165, 1.54) is 0 Å². The summed E-state index contributed by atoms with van der Waals surface area (Å²) in [6.45, 7) is 5.46. The van der Waals surface area contributed by atoms with Gasteiger partial charge in [-0.05, 0) is 44.9 Å². The Balaban J connectivity index is 2.73. The second kappa shape index (κ2) is 4.96. The SMILES string of the molecule is CC(C)=CCc1c(C)c(O)c2c(c1O)C(=O)C=CC2=O. The molecule has 0 fully saturated rings. The van der Waals surface area contributed by atoms with Crippen LogP contribution in [0, 0.1) is 6.92 Å². The number of hydrogen-bond donors (Lipinski definition) is 2. The molecular formula is C16H16O4. The summed E-state index contributed by atoms with van der Waals surface area (Å²) in [7, 11) is 0. The van der Waals surface area contributed by atoms with Crippen molar-refractivity contribution < 1.29 is 19.8 Å². The van der Waals surface area contributed by atoms with Gasteiger partial charge in [0.2, 0.25) is 0 Å². The summed E-state index contributed by atoms with van der Waals surface area (Å²) in [5, 5.41) is 20.5. The molecule has 0 aromatic heterocycles. The normalized spacial score (nSPS) is 13.3. The van der Waals surface area contributed by atoms with E-state index in [1.54, 1.807) is 6.92 Å². The highest BCUT2D eigenvalue weighted by Crippen LogP contribution is 2.39. The van der Waals surface area contributed by atoms with Crippen LogP contribution in [-0.2, 0) is 6.42 Å². The maximum atomic E-state index is 11.9. The summed E-state index contributed by atoms with van der Waals surface area (Å²) in [5.74, 6) is -1.37. The molecule has 2 rings (SSSR count). The van der Waals surface area contributed by atoms with E-state index in [0.717, 1.165) is 17.7 Å². The third-order valence-electron chi connectivity index (χ3n) is 3.41. The molecule has 4 heteroatoms. The van der Waals surface area contributed by atoms with Crippen molar-refractivity contribution in [1.82, 2.24) is 0 Å². The monoisotopic (exact) mass is 272 g/mol. The molecule has 104 valence electrons. The first kappa shape index (κ1) is 14.1. The zero-order valence-corrected chi connectivity index (χ0v) is 11.7. The fourth-order valence-electron chi connectivity index (χ4n) is 2.25. The number of benzene rings is 1. The van der Waals surface area contributed by atoms with Crippen LogP contribution in [-0.4, -0.2) is 21.8 Å². The number of ketones is 2. The van der Waals surface area contributed by atoms with Crippen LogP contribution in [0.2, 0.25) is 0 Å². The maximum Gasteiger partial charge on any atom is 0.190 e. The van der Waals surface area contributed by atoms with Gasteiger partial charge in [-0.25, -0.2) is 0 Å². The summed E-state index contributed by atoms with van der Waals surface area (Å²) in [5.41, 5.74) is 1.75. The Labute approximate surface area is 117 Å². The molecule has 1 aromatic rings. The van der Waals surface area contributed by atoms with Crippen LogP contribution in [0.4, 0.5) is 0 Å². The van der Waals surface area contributed by atoms with Gasteiger partial charge in [-0.3, -0.25) is 9.59 Å². The van der Waals surface area contributed by atoms with E-state index >= 15 is 0 Å². The molecule has 1 aliphatic rings. The fraction of sp³-hybridized carbons (Fsp3) is 0.250. The van der Waals surface area contributed by atoms with E-state index in [4.69, 9.17) is 0 Å². The maximum absolute atomic E-state index is 11.9. The molecule has 1 aliphatic carbocycles. The second-order valence-electron chi connectivity index (χ2n) is 5.10. The molecule has 1 aromatic carbocycles. The minimum atomic E-state index is -0.468. The van der Waals surface area contributed by atoms with Gasteiger partial charge in [0.05, 0.1) is 11.1 Å². The summed E-state index contributed by atoms with van der Waals surface area (Å²) in [6, 6.07) is 0. The van der Waals surface area contributed by atoms with Gasteiger partial charge in [0, 0.05) is 5.56 Å². The van der Waals surface area contributed by atoms with Crippen LogP contribution in [0.5, 0.6) is 11.5 Å². The van der Waals surface area contributed by atoms with Crippen molar-refractivity contribution in [2.45, 2.75) is 27.2 Å². The Hall–Kier alpha value is -2.36. The average molecular weight is 272 g/mol. The first-order valence-corrected chi connectivity index (χ1v) is 6.32. The summed E-state index contributed by atoms with van der Waals surface area (Å²) in [4.78, 5) is 23.7. The molecule has 0 aliphatic heterocycles. The number of hydrogen-bond acceptors (Lipinski definition) is 4. The topological polar surface area (TPSA) is 74.6 Å². The number of carbonyl (C=O) groups excluding carboxylic acids is 2. The van der Waals surface area contributed by atoms with Gasteiger partial charge in [-0.15, -0.1) is 0 Å². The van der Waals surface area contributed by atoms with Gasteiger partial charge in [0.1, 0.15) is 11.5 Å². The molecule has 0 bridgehead atoms. The van der Waals surface area contributed by atoms with E-state index in [-0.39, 0.29) is 22.6 Å². The lowest BCUT2D eigenvalue weighted by Crippen LogP contribution is -2.14. The molecular weight excluding hydrogens is 256 g/mol. The number of allylic oxidation sites excluding steroid dienone is 4. The Bertz CT molecular complexity index is 674. The molecule has 0 saturated carbocycles. The lowest BCUT2D eigenvalue weighted by Gasteiger charge is -2.18. The molecule has 0 amide bonds. The highest BCUT2D eigenvalue weighted by atomic mass is 16.3. The Kier molecular flexibility index (Phi) is 3.49. The van der Waals surface area contributed by atoms with Gasteiger partial charge in [-0.2, -0.15) is 0 Å². The number of carbonyl (C=O) groups is 2. The van der Waals surface area contributed by atoms with E-state index in [2.05, 4.69) is 0 Å². The number of phenols is 2. The van der Waals surface area contributed by atoms with Crippen LogP contribution in [0.15, 0.2) is 23.8 Å². The lowest BCUT2D eigenvalue weighted by atomic mass is 9.87. The minimum Gasteiger partial charge on any atom is -0.507 e.